The molecule has 28 heavy (non-hydrogen) atoms. The Morgan fingerprint density at radius 3 is 2.93 bits per heavy atom. The molecule has 1 aliphatic rings. The van der Waals surface area contributed by atoms with Crippen molar-refractivity contribution in [1.29, 1.82) is 5.26 Å². The smallest absolute Gasteiger partial charge is 0.293 e. The lowest BCUT2D eigenvalue weighted by Crippen LogP contribution is -2.29. The summed E-state index contributed by atoms with van der Waals surface area (Å²) in [6.45, 7) is 2.86. The highest BCUT2D eigenvalue weighted by molar-refractivity contribution is 7.09. The number of piperidine rings is 1. The van der Waals surface area contributed by atoms with Crippen LogP contribution in [0.2, 0.25) is 0 Å². The van der Waals surface area contributed by atoms with Crippen molar-refractivity contribution >= 4 is 22.6 Å². The Hall–Kier alpha value is -3.02. The van der Waals surface area contributed by atoms with E-state index in [2.05, 4.69) is 25.6 Å². The number of benzene rings is 1. The Kier molecular flexibility index (Phi) is 5.46. The molecule has 1 N–H and O–H groups in total. The van der Waals surface area contributed by atoms with Gasteiger partial charge in [0.2, 0.25) is 5.13 Å². The molecule has 0 bridgehead atoms. The molecule has 1 saturated heterocycles. The third kappa shape index (κ3) is 4.27. The summed E-state index contributed by atoms with van der Waals surface area (Å²) in [4.78, 5) is 19.2. The zero-order valence-corrected chi connectivity index (χ0v) is 16.0. The minimum Gasteiger partial charge on any atom is -0.459 e. The van der Waals surface area contributed by atoms with Gasteiger partial charge < -0.3 is 4.42 Å². The highest BCUT2D eigenvalue weighted by atomic mass is 32.1. The highest BCUT2D eigenvalue weighted by Crippen LogP contribution is 2.24. The molecule has 3 aromatic rings. The van der Waals surface area contributed by atoms with Crippen LogP contribution in [-0.2, 0) is 6.54 Å². The molecule has 4 rings (SSSR count). The third-order valence-corrected chi connectivity index (χ3v) is 5.32. The zero-order chi connectivity index (χ0) is 19.3. The van der Waals surface area contributed by atoms with Crippen molar-refractivity contribution in [3.05, 3.63) is 53.7 Å². The van der Waals surface area contributed by atoms with Crippen LogP contribution in [0.4, 0.5) is 5.13 Å². The van der Waals surface area contributed by atoms with Crippen molar-refractivity contribution in [2.45, 2.75) is 25.8 Å². The van der Waals surface area contributed by atoms with Crippen LogP contribution in [0.15, 0.2) is 41.0 Å². The Morgan fingerprint density at radius 2 is 2.11 bits per heavy atom. The first kappa shape index (κ1) is 18.3. The van der Waals surface area contributed by atoms with Gasteiger partial charge in [-0.15, -0.1) is 0 Å². The number of nitrogens with one attached hydrogen (secondary N) is 1. The Labute approximate surface area is 166 Å². The van der Waals surface area contributed by atoms with Crippen LogP contribution in [0.25, 0.3) is 11.1 Å². The number of carbonyl (C=O) groups excluding carboxylic acids is 1. The summed E-state index contributed by atoms with van der Waals surface area (Å²) < 4.78 is 9.75. The Bertz CT molecular complexity index is 1010. The van der Waals surface area contributed by atoms with Gasteiger partial charge in [-0.25, -0.2) is 4.98 Å². The molecule has 0 atom stereocenters. The summed E-state index contributed by atoms with van der Waals surface area (Å²) in [6, 6.07) is 10.9. The molecule has 0 spiro atoms. The van der Waals surface area contributed by atoms with Crippen LogP contribution in [-0.4, -0.2) is 33.3 Å². The van der Waals surface area contributed by atoms with Crippen LogP contribution in [0.1, 0.15) is 41.2 Å². The quantitative estimate of drug-likeness (QED) is 0.706. The molecule has 3 heterocycles. The van der Waals surface area contributed by atoms with E-state index < -0.39 is 0 Å². The van der Waals surface area contributed by atoms with E-state index in [4.69, 9.17) is 9.68 Å². The van der Waals surface area contributed by atoms with Crippen LogP contribution in [0.3, 0.4) is 0 Å². The van der Waals surface area contributed by atoms with Gasteiger partial charge >= 0.3 is 0 Å². The fourth-order valence-corrected chi connectivity index (χ4v) is 3.80. The fraction of sp³-hybridized carbons (Fsp3) is 0.300. The number of rotatable bonds is 5. The summed E-state index contributed by atoms with van der Waals surface area (Å²) in [7, 11) is 0. The average Bonchev–Trinajstić information content (AvgIpc) is 3.39. The number of aromatic nitrogens is 2. The summed E-state index contributed by atoms with van der Waals surface area (Å²) in [5, 5.41) is 12.2. The molecule has 1 aromatic carbocycles. The predicted molar refractivity (Wildman–Crippen MR) is 106 cm³/mol. The molecule has 1 amide bonds. The largest absolute Gasteiger partial charge is 0.459 e. The van der Waals surface area contributed by atoms with Gasteiger partial charge in [-0.3, -0.25) is 15.0 Å². The van der Waals surface area contributed by atoms with Gasteiger partial charge in [0.05, 0.1) is 24.4 Å². The summed E-state index contributed by atoms with van der Waals surface area (Å²) >= 11 is 1.17. The predicted octanol–water partition coefficient (Wildman–Crippen LogP) is 3.91. The number of anilines is 1. The minimum absolute atomic E-state index is 0.185. The summed E-state index contributed by atoms with van der Waals surface area (Å²) in [5.74, 6) is 0.546. The van der Waals surface area contributed by atoms with Gasteiger partial charge in [-0.05, 0) is 49.7 Å². The molecular weight excluding hydrogens is 374 g/mol. The molecular formula is C20H19N5O2S. The van der Waals surface area contributed by atoms with Gasteiger partial charge in [0.25, 0.3) is 5.91 Å². The Balaban J connectivity index is 1.40. The maximum Gasteiger partial charge on any atom is 0.293 e. The SMILES string of the molecule is N#Cc1cccc(-c2coc(C(=O)Nc3nc(CN4CCCCC4)ns3)c2)c1. The molecule has 7 nitrogen and oxygen atoms in total. The van der Waals surface area contributed by atoms with Crippen LogP contribution in [0, 0.1) is 11.3 Å². The van der Waals surface area contributed by atoms with Crippen molar-refractivity contribution in [3.63, 3.8) is 0 Å². The molecule has 0 radical (unpaired) electrons. The lowest BCUT2D eigenvalue weighted by Gasteiger charge is -2.24. The van der Waals surface area contributed by atoms with Crippen molar-refractivity contribution in [2.24, 2.45) is 0 Å². The van der Waals surface area contributed by atoms with Crippen molar-refractivity contribution in [3.8, 4) is 17.2 Å². The van der Waals surface area contributed by atoms with E-state index in [-0.39, 0.29) is 11.7 Å². The summed E-state index contributed by atoms with van der Waals surface area (Å²) in [6.07, 6.45) is 5.22. The molecule has 8 heteroatoms. The van der Waals surface area contributed by atoms with E-state index in [1.165, 1.54) is 37.1 Å². The lowest BCUT2D eigenvalue weighted by molar-refractivity contribution is 0.0996. The molecule has 2 aromatic heterocycles. The first-order valence-corrected chi connectivity index (χ1v) is 9.94. The second-order valence-corrected chi connectivity index (χ2v) is 7.45. The van der Waals surface area contributed by atoms with Crippen molar-refractivity contribution < 1.29 is 9.21 Å². The van der Waals surface area contributed by atoms with Crippen LogP contribution >= 0.6 is 11.5 Å². The van der Waals surface area contributed by atoms with E-state index in [1.807, 2.05) is 6.07 Å². The summed E-state index contributed by atoms with van der Waals surface area (Å²) in [5.41, 5.74) is 2.12. The number of hydrogen-bond acceptors (Lipinski definition) is 7. The molecule has 1 aliphatic heterocycles. The normalized spacial score (nSPS) is 14.5. The van der Waals surface area contributed by atoms with Gasteiger partial charge in [0, 0.05) is 17.1 Å². The Morgan fingerprint density at radius 1 is 1.25 bits per heavy atom. The number of amides is 1. The first-order valence-electron chi connectivity index (χ1n) is 9.16. The van der Waals surface area contributed by atoms with Crippen molar-refractivity contribution in [1.82, 2.24) is 14.3 Å². The number of furan rings is 1. The fourth-order valence-electron chi connectivity index (χ4n) is 3.22. The van der Waals surface area contributed by atoms with E-state index in [0.717, 1.165) is 30.0 Å². The third-order valence-electron chi connectivity index (χ3n) is 4.65. The van der Waals surface area contributed by atoms with Gasteiger partial charge in [0.15, 0.2) is 11.6 Å². The second kappa shape index (κ2) is 8.33. The van der Waals surface area contributed by atoms with Crippen molar-refractivity contribution in [2.75, 3.05) is 18.4 Å². The second-order valence-electron chi connectivity index (χ2n) is 6.70. The lowest BCUT2D eigenvalue weighted by atomic mass is 10.1. The highest BCUT2D eigenvalue weighted by Gasteiger charge is 2.17. The number of carbonyl (C=O) groups is 1. The minimum atomic E-state index is -0.372. The molecule has 0 aliphatic carbocycles. The molecule has 1 fully saturated rings. The number of hydrogen-bond donors (Lipinski definition) is 1. The molecule has 0 unspecified atom stereocenters. The van der Waals surface area contributed by atoms with Gasteiger partial charge in [-0.1, -0.05) is 18.6 Å². The number of likely N-dealkylation sites (tertiary alicyclic amines) is 1. The van der Waals surface area contributed by atoms with Gasteiger partial charge in [0.1, 0.15) is 0 Å². The molecule has 0 saturated carbocycles. The first-order chi connectivity index (χ1) is 13.7. The van der Waals surface area contributed by atoms with E-state index in [9.17, 15) is 4.79 Å². The van der Waals surface area contributed by atoms with Crippen LogP contribution < -0.4 is 5.32 Å². The zero-order valence-electron chi connectivity index (χ0n) is 15.2. The number of nitrogens with zero attached hydrogens (tertiary/aromatic N) is 4. The maximum absolute atomic E-state index is 12.5. The maximum atomic E-state index is 12.5. The van der Waals surface area contributed by atoms with E-state index >= 15 is 0 Å². The van der Waals surface area contributed by atoms with E-state index in [1.54, 1.807) is 24.3 Å². The average molecular weight is 393 g/mol. The number of nitriles is 1. The van der Waals surface area contributed by atoms with E-state index in [0.29, 0.717) is 17.2 Å². The molecule has 142 valence electrons. The monoisotopic (exact) mass is 393 g/mol. The standard InChI is InChI=1S/C20H19N5O2S/c21-11-14-5-4-6-15(9-14)16-10-17(27-13-16)19(26)23-20-22-18(24-28-20)12-25-7-2-1-3-8-25/h4-6,9-10,13H,1-3,7-8,12H2,(H,22,23,24,26). The van der Waals surface area contributed by atoms with Gasteiger partial charge in [-0.2, -0.15) is 9.64 Å². The van der Waals surface area contributed by atoms with Crippen LogP contribution in [0.5, 0.6) is 0 Å². The topological polar surface area (TPSA) is 95.0 Å².